The molecule has 0 spiro atoms. The van der Waals surface area contributed by atoms with E-state index in [1.54, 1.807) is 24.3 Å². The van der Waals surface area contributed by atoms with Crippen molar-refractivity contribution in [3.63, 3.8) is 0 Å². The van der Waals surface area contributed by atoms with Gasteiger partial charge < -0.3 is 10.1 Å². The zero-order valence-electron chi connectivity index (χ0n) is 13.2. The number of aromatic nitrogens is 1. The van der Waals surface area contributed by atoms with E-state index >= 15 is 0 Å². The van der Waals surface area contributed by atoms with E-state index in [0.29, 0.717) is 16.4 Å². The molecule has 11 heteroatoms. The van der Waals surface area contributed by atoms with Crippen LogP contribution in [0.15, 0.2) is 48.5 Å². The normalized spacial score (nSPS) is 12.0. The Kier molecular flexibility index (Phi) is 5.36. The van der Waals surface area contributed by atoms with Crippen molar-refractivity contribution in [3.05, 3.63) is 53.6 Å². The number of alkyl halides is 3. The summed E-state index contributed by atoms with van der Waals surface area (Å²) >= 11 is 6.10. The smallest absolute Gasteiger partial charge is 0.406 e. The Bertz CT molecular complexity index is 1020. The molecule has 0 fully saturated rings. The highest BCUT2D eigenvalue weighted by molar-refractivity contribution is 7.32. The second kappa shape index (κ2) is 7.56. The van der Waals surface area contributed by atoms with Gasteiger partial charge >= 0.3 is 14.6 Å². The van der Waals surface area contributed by atoms with Gasteiger partial charge in [-0.3, -0.25) is 0 Å². The molecule has 0 saturated heterocycles. The largest absolute Gasteiger partial charge is 0.747 e. The number of hydrogen-bond donors (Lipinski definition) is 2. The zero-order valence-corrected chi connectivity index (χ0v) is 14.8. The highest BCUT2D eigenvalue weighted by atomic mass is 35.5. The molecule has 1 heterocycles. The summed E-state index contributed by atoms with van der Waals surface area (Å²) in [7, 11) is -3.11. The van der Waals surface area contributed by atoms with Crippen molar-refractivity contribution in [2.75, 3.05) is 5.32 Å². The lowest BCUT2D eigenvalue weighted by Crippen LogP contribution is -2.17. The molecule has 27 heavy (non-hydrogen) atoms. The van der Waals surface area contributed by atoms with E-state index in [-0.39, 0.29) is 11.4 Å². The van der Waals surface area contributed by atoms with Gasteiger partial charge in [0, 0.05) is 16.0 Å². The van der Waals surface area contributed by atoms with Crippen molar-refractivity contribution in [1.29, 1.82) is 0 Å². The minimum atomic E-state index is -4.91. The maximum atomic E-state index is 12.4. The number of fused-ring (bicyclic) bond motifs is 1. The SMILES string of the molecule is O=[P+](O)Oc1cc(OC(F)(F)F)ccc1Nc1ccc2cccc(Cl)c2n1. The second-order valence-electron chi connectivity index (χ2n) is 5.17. The molecular weight excluding hydrogens is 408 g/mol. The molecule has 2 N–H and O–H groups in total. The van der Waals surface area contributed by atoms with Crippen molar-refractivity contribution in [3.8, 4) is 11.5 Å². The third-order valence-electron chi connectivity index (χ3n) is 3.30. The Morgan fingerprint density at radius 3 is 2.63 bits per heavy atom. The summed E-state index contributed by atoms with van der Waals surface area (Å²) in [4.78, 5) is 13.3. The number of pyridine rings is 1. The van der Waals surface area contributed by atoms with Crippen LogP contribution in [0.2, 0.25) is 5.02 Å². The average Bonchev–Trinajstić information content (AvgIpc) is 2.56. The van der Waals surface area contributed by atoms with E-state index in [0.717, 1.165) is 17.5 Å². The van der Waals surface area contributed by atoms with E-state index in [4.69, 9.17) is 16.5 Å². The van der Waals surface area contributed by atoms with Crippen LogP contribution < -0.4 is 14.6 Å². The minimum absolute atomic E-state index is 0.112. The van der Waals surface area contributed by atoms with Crippen LogP contribution in [0.3, 0.4) is 0 Å². The van der Waals surface area contributed by atoms with Crippen LogP contribution in [-0.4, -0.2) is 16.2 Å². The van der Waals surface area contributed by atoms with Crippen molar-refractivity contribution in [2.45, 2.75) is 6.36 Å². The van der Waals surface area contributed by atoms with E-state index < -0.39 is 20.4 Å². The zero-order chi connectivity index (χ0) is 19.6. The number of para-hydroxylation sites is 1. The van der Waals surface area contributed by atoms with Gasteiger partial charge in [0.1, 0.15) is 11.6 Å². The molecule has 0 radical (unpaired) electrons. The molecule has 0 aliphatic heterocycles. The average molecular weight is 418 g/mol. The molecule has 6 nitrogen and oxygen atoms in total. The number of anilines is 2. The van der Waals surface area contributed by atoms with Crippen molar-refractivity contribution >= 4 is 42.3 Å². The van der Waals surface area contributed by atoms with Crippen LogP contribution in [-0.2, 0) is 4.57 Å². The van der Waals surface area contributed by atoms with Crippen molar-refractivity contribution in [2.24, 2.45) is 0 Å². The summed E-state index contributed by atoms with van der Waals surface area (Å²) < 4.78 is 56.5. The first-order valence-corrected chi connectivity index (χ1v) is 8.78. The Labute approximate surface area is 156 Å². The molecule has 1 atom stereocenters. The summed E-state index contributed by atoms with van der Waals surface area (Å²) in [6, 6.07) is 11.7. The van der Waals surface area contributed by atoms with Crippen molar-refractivity contribution in [1.82, 2.24) is 4.98 Å². The van der Waals surface area contributed by atoms with Gasteiger partial charge in [-0.15, -0.1) is 18.1 Å². The van der Waals surface area contributed by atoms with Gasteiger partial charge in [0.25, 0.3) is 0 Å². The number of rotatable bonds is 5. The molecule has 1 aromatic heterocycles. The molecule has 3 aromatic rings. The first-order chi connectivity index (χ1) is 12.7. The number of benzene rings is 2. The van der Waals surface area contributed by atoms with Crippen LogP contribution in [0.1, 0.15) is 0 Å². The van der Waals surface area contributed by atoms with Gasteiger partial charge in [-0.05, 0) is 30.3 Å². The van der Waals surface area contributed by atoms with E-state index in [1.807, 2.05) is 6.07 Å². The van der Waals surface area contributed by atoms with Crippen LogP contribution in [0.5, 0.6) is 11.5 Å². The second-order valence-corrected chi connectivity index (χ2v) is 6.23. The number of halogens is 4. The number of hydrogen-bond acceptors (Lipinski definition) is 5. The monoisotopic (exact) mass is 417 g/mol. The third-order valence-corrected chi connectivity index (χ3v) is 3.95. The first-order valence-electron chi connectivity index (χ1n) is 7.27. The molecule has 0 bridgehead atoms. The standard InChI is InChI=1S/C16H9ClF3N2O4P/c17-11-3-1-2-9-4-7-14(22-15(9)11)21-12-6-5-10(25-16(18,19)20)8-13(12)26-27(23)24/h1-8H,(H-,21,22,23,24)/p+1. The molecule has 0 aliphatic carbocycles. The van der Waals surface area contributed by atoms with E-state index in [2.05, 4.69) is 19.6 Å². The number of nitrogens with one attached hydrogen (secondary N) is 1. The molecule has 0 aliphatic rings. The van der Waals surface area contributed by atoms with Crippen LogP contribution in [0.25, 0.3) is 10.9 Å². The Hall–Kier alpha value is -2.61. The number of nitrogens with zero attached hydrogens (tertiary/aromatic N) is 1. The van der Waals surface area contributed by atoms with E-state index in [9.17, 15) is 17.7 Å². The van der Waals surface area contributed by atoms with Crippen LogP contribution in [0.4, 0.5) is 24.7 Å². The van der Waals surface area contributed by atoms with Gasteiger partial charge in [-0.2, -0.15) is 0 Å². The lowest BCUT2D eigenvalue weighted by atomic mass is 10.2. The fourth-order valence-electron chi connectivity index (χ4n) is 2.28. The van der Waals surface area contributed by atoms with E-state index in [1.165, 1.54) is 6.07 Å². The maximum absolute atomic E-state index is 12.4. The molecular formula is C16H10ClF3N2O4P+. The maximum Gasteiger partial charge on any atom is 0.747 e. The first kappa shape index (κ1) is 19.2. The van der Waals surface area contributed by atoms with Gasteiger partial charge in [0.2, 0.25) is 5.75 Å². The lowest BCUT2D eigenvalue weighted by Gasteiger charge is -2.12. The highest BCUT2D eigenvalue weighted by Crippen LogP contribution is 2.37. The van der Waals surface area contributed by atoms with Gasteiger partial charge in [0.15, 0.2) is 0 Å². The fraction of sp³-hybridized carbons (Fsp3) is 0.0625. The molecule has 2 aromatic carbocycles. The van der Waals surface area contributed by atoms with Gasteiger partial charge in [-0.25, -0.2) is 9.51 Å². The highest BCUT2D eigenvalue weighted by Gasteiger charge is 2.32. The Morgan fingerprint density at radius 2 is 1.93 bits per heavy atom. The molecule has 140 valence electrons. The van der Waals surface area contributed by atoms with Gasteiger partial charge in [-0.1, -0.05) is 23.7 Å². The quantitative estimate of drug-likeness (QED) is 0.529. The summed E-state index contributed by atoms with van der Waals surface area (Å²) in [5, 5.41) is 4.02. The fourth-order valence-corrected chi connectivity index (χ4v) is 2.82. The predicted molar refractivity (Wildman–Crippen MR) is 93.6 cm³/mol. The van der Waals surface area contributed by atoms with Crippen LogP contribution in [0, 0.1) is 0 Å². The lowest BCUT2D eigenvalue weighted by molar-refractivity contribution is -0.274. The molecule has 0 saturated carbocycles. The predicted octanol–water partition coefficient (Wildman–Crippen LogP) is 5.56. The number of ether oxygens (including phenoxy) is 1. The molecule has 3 rings (SSSR count). The Morgan fingerprint density at radius 1 is 1.15 bits per heavy atom. The summed E-state index contributed by atoms with van der Waals surface area (Å²) in [6.07, 6.45) is -4.91. The molecule has 1 unspecified atom stereocenters. The third kappa shape index (κ3) is 4.97. The summed E-state index contributed by atoms with van der Waals surface area (Å²) in [5.41, 5.74) is 0.623. The Balaban J connectivity index is 1.95. The van der Waals surface area contributed by atoms with Crippen LogP contribution >= 0.6 is 19.9 Å². The van der Waals surface area contributed by atoms with Gasteiger partial charge in [0.05, 0.1) is 16.2 Å². The topological polar surface area (TPSA) is 80.7 Å². The molecule has 0 amide bonds. The van der Waals surface area contributed by atoms with Crippen molar-refractivity contribution < 1.29 is 31.9 Å². The minimum Gasteiger partial charge on any atom is -0.406 e. The summed E-state index contributed by atoms with van der Waals surface area (Å²) in [5.74, 6) is -0.617. The summed E-state index contributed by atoms with van der Waals surface area (Å²) in [6.45, 7) is 0.